The number of carbonyl (C=O) groups is 1. The summed E-state index contributed by atoms with van der Waals surface area (Å²) in [5, 5.41) is 18.6. The first kappa shape index (κ1) is 17.2. The van der Waals surface area contributed by atoms with Gasteiger partial charge in [-0.2, -0.15) is 9.99 Å². The molecule has 0 saturated heterocycles. The van der Waals surface area contributed by atoms with E-state index in [-0.39, 0.29) is 12.3 Å². The molecular weight excluding hydrogens is 330 g/mol. The summed E-state index contributed by atoms with van der Waals surface area (Å²) in [6, 6.07) is 16.7. The molecule has 0 aliphatic carbocycles. The molecule has 0 spiro atoms. The van der Waals surface area contributed by atoms with Gasteiger partial charge in [-0.1, -0.05) is 42.0 Å². The Kier molecular flexibility index (Phi) is 4.72. The molecule has 0 radical (unpaired) electrons. The predicted octanol–water partition coefficient (Wildman–Crippen LogP) is 3.37. The largest absolute Gasteiger partial charge is 0.476 e. The number of nitriles is 1. The number of rotatable bonds is 5. The number of aromatic nitrogens is 2. The van der Waals surface area contributed by atoms with Crippen LogP contribution in [0.4, 0.5) is 0 Å². The molecule has 0 aliphatic heterocycles. The van der Waals surface area contributed by atoms with Gasteiger partial charge in [0.05, 0.1) is 17.3 Å². The van der Waals surface area contributed by atoms with Gasteiger partial charge in [-0.05, 0) is 31.5 Å². The second kappa shape index (κ2) is 7.11. The van der Waals surface area contributed by atoms with Gasteiger partial charge in [0.2, 0.25) is 0 Å². The van der Waals surface area contributed by atoms with E-state index in [2.05, 4.69) is 11.1 Å². The van der Waals surface area contributed by atoms with Crippen molar-refractivity contribution in [3.8, 4) is 17.5 Å². The summed E-state index contributed by atoms with van der Waals surface area (Å²) in [6.07, 6.45) is 0. The zero-order valence-electron chi connectivity index (χ0n) is 14.4. The van der Waals surface area contributed by atoms with Gasteiger partial charge in [0.25, 0.3) is 0 Å². The Bertz CT molecular complexity index is 998. The van der Waals surface area contributed by atoms with E-state index in [4.69, 9.17) is 10.1 Å². The van der Waals surface area contributed by atoms with Crippen molar-refractivity contribution in [2.24, 2.45) is 0 Å². The van der Waals surface area contributed by atoms with Crippen LogP contribution in [0.3, 0.4) is 0 Å². The summed E-state index contributed by atoms with van der Waals surface area (Å²) < 4.78 is 1.23. The molecule has 0 bridgehead atoms. The van der Waals surface area contributed by atoms with Gasteiger partial charge in [0, 0.05) is 5.56 Å². The Morgan fingerprint density at radius 2 is 1.96 bits per heavy atom. The minimum atomic E-state index is -1.12. The predicted molar refractivity (Wildman–Crippen MR) is 95.5 cm³/mol. The Labute approximate surface area is 150 Å². The van der Waals surface area contributed by atoms with Crippen LogP contribution in [0.5, 0.6) is 0 Å². The zero-order valence-corrected chi connectivity index (χ0v) is 14.4. The van der Waals surface area contributed by atoms with E-state index in [0.29, 0.717) is 22.6 Å². The van der Waals surface area contributed by atoms with E-state index in [9.17, 15) is 9.90 Å². The summed E-state index contributed by atoms with van der Waals surface area (Å²) in [4.78, 5) is 21.8. The number of hydrogen-bond acceptors (Lipinski definition) is 4. The van der Waals surface area contributed by atoms with E-state index in [1.54, 1.807) is 31.2 Å². The number of benzene rings is 2. The van der Waals surface area contributed by atoms with Crippen molar-refractivity contribution in [3.63, 3.8) is 0 Å². The standard InChI is InChI=1S/C20H17N3O3/c1-13-6-8-15(9-7-13)12-26-23-18(20(24)25)14(2)22-19(23)17-5-3-4-16(10-17)11-21/h3-10H,12H2,1-2H3,(H,24,25). The maximum atomic E-state index is 11.7. The Hall–Kier alpha value is -3.59. The fourth-order valence-corrected chi connectivity index (χ4v) is 2.61. The average Bonchev–Trinajstić information content (AvgIpc) is 2.98. The highest BCUT2D eigenvalue weighted by Gasteiger charge is 2.22. The number of aromatic carboxylic acids is 1. The van der Waals surface area contributed by atoms with Crippen LogP contribution in [0.1, 0.15) is 32.9 Å². The molecule has 26 heavy (non-hydrogen) atoms. The van der Waals surface area contributed by atoms with Crippen LogP contribution in [0, 0.1) is 25.2 Å². The SMILES string of the molecule is Cc1ccc(COn2c(-c3cccc(C#N)c3)nc(C)c2C(=O)O)cc1. The molecule has 0 unspecified atom stereocenters. The van der Waals surface area contributed by atoms with E-state index >= 15 is 0 Å². The fourth-order valence-electron chi connectivity index (χ4n) is 2.61. The highest BCUT2D eigenvalue weighted by Crippen LogP contribution is 2.23. The third-order valence-electron chi connectivity index (χ3n) is 3.95. The van der Waals surface area contributed by atoms with Crippen LogP contribution in [-0.2, 0) is 6.61 Å². The Balaban J connectivity index is 2.02. The second-order valence-corrected chi connectivity index (χ2v) is 5.92. The molecule has 2 aromatic carbocycles. The molecule has 3 aromatic rings. The van der Waals surface area contributed by atoms with Crippen LogP contribution in [0.25, 0.3) is 11.4 Å². The molecule has 1 N–H and O–H groups in total. The fraction of sp³-hybridized carbons (Fsp3) is 0.150. The number of aryl methyl sites for hydroxylation is 2. The van der Waals surface area contributed by atoms with Gasteiger partial charge in [-0.25, -0.2) is 9.78 Å². The molecule has 6 heteroatoms. The summed E-state index contributed by atoms with van der Waals surface area (Å²) in [6.45, 7) is 3.81. The summed E-state index contributed by atoms with van der Waals surface area (Å²) >= 11 is 0. The topological polar surface area (TPSA) is 88.1 Å². The van der Waals surface area contributed by atoms with Gasteiger partial charge in [-0.3, -0.25) is 0 Å². The van der Waals surface area contributed by atoms with E-state index in [1.807, 2.05) is 31.2 Å². The molecule has 1 heterocycles. The average molecular weight is 347 g/mol. The van der Waals surface area contributed by atoms with Crippen LogP contribution >= 0.6 is 0 Å². The molecule has 1 aromatic heterocycles. The first-order valence-corrected chi connectivity index (χ1v) is 8.01. The Morgan fingerprint density at radius 1 is 1.23 bits per heavy atom. The van der Waals surface area contributed by atoms with Crippen LogP contribution < -0.4 is 4.84 Å². The van der Waals surface area contributed by atoms with Crippen molar-refractivity contribution >= 4 is 5.97 Å². The summed E-state index contributed by atoms with van der Waals surface area (Å²) in [5.74, 6) is -0.772. The van der Waals surface area contributed by atoms with Gasteiger partial charge in [0.1, 0.15) is 6.61 Å². The molecule has 6 nitrogen and oxygen atoms in total. The lowest BCUT2D eigenvalue weighted by Gasteiger charge is -2.12. The van der Waals surface area contributed by atoms with Crippen molar-refractivity contribution in [2.45, 2.75) is 20.5 Å². The molecule has 0 atom stereocenters. The number of nitrogens with zero attached hydrogens (tertiary/aromatic N) is 3. The van der Waals surface area contributed by atoms with Gasteiger partial charge in [0.15, 0.2) is 11.5 Å². The van der Waals surface area contributed by atoms with Gasteiger partial charge < -0.3 is 9.94 Å². The number of imidazole rings is 1. The zero-order chi connectivity index (χ0) is 18.7. The minimum absolute atomic E-state index is 0.0329. The third kappa shape index (κ3) is 3.42. The molecule has 0 amide bonds. The van der Waals surface area contributed by atoms with Crippen molar-refractivity contribution in [1.82, 2.24) is 9.71 Å². The number of hydrogen-bond donors (Lipinski definition) is 1. The molecular formula is C20H17N3O3. The molecule has 3 rings (SSSR count). The first-order chi connectivity index (χ1) is 12.5. The van der Waals surface area contributed by atoms with E-state index in [1.165, 1.54) is 4.73 Å². The quantitative estimate of drug-likeness (QED) is 0.764. The third-order valence-corrected chi connectivity index (χ3v) is 3.95. The minimum Gasteiger partial charge on any atom is -0.476 e. The van der Waals surface area contributed by atoms with Gasteiger partial charge >= 0.3 is 5.97 Å². The Morgan fingerprint density at radius 3 is 2.62 bits per heavy atom. The van der Waals surface area contributed by atoms with Crippen molar-refractivity contribution < 1.29 is 14.7 Å². The smallest absolute Gasteiger partial charge is 0.357 e. The normalized spacial score (nSPS) is 10.3. The van der Waals surface area contributed by atoms with E-state index < -0.39 is 5.97 Å². The summed E-state index contributed by atoms with van der Waals surface area (Å²) in [7, 11) is 0. The maximum Gasteiger partial charge on any atom is 0.357 e. The molecule has 0 aliphatic rings. The highest BCUT2D eigenvalue weighted by atomic mass is 16.7. The number of carboxylic acids is 1. The van der Waals surface area contributed by atoms with Crippen molar-refractivity contribution in [1.29, 1.82) is 5.26 Å². The lowest BCUT2D eigenvalue weighted by Crippen LogP contribution is -2.19. The second-order valence-electron chi connectivity index (χ2n) is 5.92. The van der Waals surface area contributed by atoms with Gasteiger partial charge in [-0.15, -0.1) is 0 Å². The molecule has 0 saturated carbocycles. The van der Waals surface area contributed by atoms with Crippen LogP contribution in [-0.4, -0.2) is 20.8 Å². The number of carboxylic acid groups (broad SMARTS) is 1. The summed E-state index contributed by atoms with van der Waals surface area (Å²) in [5.41, 5.74) is 3.43. The van der Waals surface area contributed by atoms with E-state index in [0.717, 1.165) is 11.1 Å². The highest BCUT2D eigenvalue weighted by molar-refractivity contribution is 5.88. The monoisotopic (exact) mass is 347 g/mol. The van der Waals surface area contributed by atoms with Crippen LogP contribution in [0.15, 0.2) is 48.5 Å². The molecule has 0 fully saturated rings. The molecule has 130 valence electrons. The van der Waals surface area contributed by atoms with Crippen LogP contribution in [0.2, 0.25) is 0 Å². The maximum absolute atomic E-state index is 11.7. The van der Waals surface area contributed by atoms with Crippen molar-refractivity contribution in [2.75, 3.05) is 0 Å². The lowest BCUT2D eigenvalue weighted by atomic mass is 10.1. The first-order valence-electron chi connectivity index (χ1n) is 8.01. The van der Waals surface area contributed by atoms with Crippen molar-refractivity contribution in [3.05, 3.63) is 76.6 Å². The lowest BCUT2D eigenvalue weighted by molar-refractivity contribution is 0.0574.